The van der Waals surface area contributed by atoms with Crippen LogP contribution in [0.2, 0.25) is 0 Å². The fourth-order valence-corrected chi connectivity index (χ4v) is 3.24. The van der Waals surface area contributed by atoms with Crippen molar-refractivity contribution in [1.29, 1.82) is 0 Å². The smallest absolute Gasteiger partial charge is 0.256 e. The van der Waals surface area contributed by atoms with Crippen LogP contribution in [0.1, 0.15) is 19.7 Å². The average molecular weight is 386 g/mol. The van der Waals surface area contributed by atoms with Crippen molar-refractivity contribution < 1.29 is 8.78 Å². The van der Waals surface area contributed by atoms with Crippen molar-refractivity contribution in [1.82, 2.24) is 29.1 Å². The number of fused-ring (bicyclic) bond motifs is 2. The van der Waals surface area contributed by atoms with E-state index in [9.17, 15) is 8.78 Å². The number of hydrogen-bond acceptors (Lipinski definition) is 6. The number of nitrogens with one attached hydrogen (secondary N) is 1. The molecule has 0 saturated carbocycles. The number of anilines is 2. The van der Waals surface area contributed by atoms with E-state index in [1.165, 1.54) is 4.57 Å². The molecule has 0 aromatic carbocycles. The van der Waals surface area contributed by atoms with Gasteiger partial charge >= 0.3 is 0 Å². The van der Waals surface area contributed by atoms with Crippen LogP contribution in [-0.4, -0.2) is 41.6 Å². The Balaban J connectivity index is 1.91. The molecule has 0 aliphatic rings. The van der Waals surface area contributed by atoms with Crippen molar-refractivity contribution in [3.63, 3.8) is 0 Å². The molecule has 28 heavy (non-hydrogen) atoms. The third-order valence-corrected chi connectivity index (χ3v) is 4.33. The zero-order chi connectivity index (χ0) is 20.0. The molecule has 0 spiro atoms. The van der Waals surface area contributed by atoms with Gasteiger partial charge in [-0.2, -0.15) is 4.98 Å². The molecule has 146 valence electrons. The number of alkyl halides is 2. The maximum Gasteiger partial charge on any atom is 0.256 e. The van der Waals surface area contributed by atoms with Crippen molar-refractivity contribution >= 4 is 28.4 Å². The predicted molar refractivity (Wildman–Crippen MR) is 103 cm³/mol. The number of nitrogens with two attached hydrogens (primary N) is 1. The average Bonchev–Trinajstić information content (AvgIpc) is 3.15. The molecule has 0 atom stereocenters. The van der Waals surface area contributed by atoms with E-state index in [0.29, 0.717) is 34.0 Å². The zero-order valence-corrected chi connectivity index (χ0v) is 15.7. The van der Waals surface area contributed by atoms with E-state index in [0.717, 1.165) is 5.56 Å². The largest absolute Gasteiger partial charge is 0.366 e. The summed E-state index contributed by atoms with van der Waals surface area (Å²) in [5.41, 5.74) is 8.91. The molecule has 0 aliphatic heterocycles. The highest BCUT2D eigenvalue weighted by atomic mass is 19.3. The van der Waals surface area contributed by atoms with Crippen molar-refractivity contribution in [2.75, 3.05) is 11.1 Å². The van der Waals surface area contributed by atoms with Gasteiger partial charge in [0.25, 0.3) is 6.43 Å². The first-order chi connectivity index (χ1) is 13.3. The summed E-state index contributed by atoms with van der Waals surface area (Å²) in [6, 6.07) is 5.58. The summed E-state index contributed by atoms with van der Waals surface area (Å²) < 4.78 is 29.0. The Bertz CT molecular complexity index is 1160. The number of pyridine rings is 1. The number of nitrogen functional groups attached to an aromatic ring is 1. The number of aromatic nitrogens is 6. The molecule has 4 aromatic heterocycles. The Morgan fingerprint density at radius 1 is 1.14 bits per heavy atom. The summed E-state index contributed by atoms with van der Waals surface area (Å²) in [4.78, 5) is 13.3. The number of hydrogen-bond donors (Lipinski definition) is 2. The number of aryl methyl sites for hydroxylation is 1. The number of rotatable bonds is 5. The van der Waals surface area contributed by atoms with Gasteiger partial charge in [0, 0.05) is 17.8 Å². The van der Waals surface area contributed by atoms with Crippen molar-refractivity contribution in [2.24, 2.45) is 0 Å². The van der Waals surface area contributed by atoms with Gasteiger partial charge in [-0.3, -0.25) is 0 Å². The van der Waals surface area contributed by atoms with E-state index in [-0.39, 0.29) is 12.0 Å². The van der Waals surface area contributed by atoms with Crippen LogP contribution in [0, 0.1) is 6.92 Å². The number of imidazole rings is 1. The van der Waals surface area contributed by atoms with Gasteiger partial charge in [-0.05, 0) is 39.0 Å². The van der Waals surface area contributed by atoms with Crippen LogP contribution in [0.4, 0.5) is 20.5 Å². The summed E-state index contributed by atoms with van der Waals surface area (Å²) >= 11 is 0. The second-order valence-electron chi connectivity index (χ2n) is 6.84. The molecule has 4 aromatic rings. The fraction of sp³-hybridized carbons (Fsp3) is 0.333. The van der Waals surface area contributed by atoms with E-state index >= 15 is 0 Å². The summed E-state index contributed by atoms with van der Waals surface area (Å²) in [5, 5.41) is 7.48. The van der Waals surface area contributed by atoms with Crippen LogP contribution >= 0.6 is 0 Å². The fourth-order valence-electron chi connectivity index (χ4n) is 3.24. The van der Waals surface area contributed by atoms with Gasteiger partial charge in [0.1, 0.15) is 16.9 Å². The first-order valence-electron chi connectivity index (χ1n) is 8.87. The Kier molecular flexibility index (Phi) is 4.33. The predicted octanol–water partition coefficient (Wildman–Crippen LogP) is 3.12. The Hall–Kier alpha value is -3.30. The first-order valence-corrected chi connectivity index (χ1v) is 8.87. The standard InChI is InChI=1S/C18H20F2N8/c1-9(2)22-16-15-11(6-7-28(15)26-18(21)25-16)12-4-5-13-17(24-12)27(8-14(19)20)10(3)23-13/h4-7,9,14H,8H2,1-3H3,(H3,21,22,25,26). The minimum Gasteiger partial charge on any atom is -0.366 e. The SMILES string of the molecule is Cc1nc2ccc(-c3ccn4nc(N)nc(NC(C)C)c34)nc2n1CC(F)F. The van der Waals surface area contributed by atoms with Crippen LogP contribution < -0.4 is 11.1 Å². The van der Waals surface area contributed by atoms with Crippen LogP contribution in [0.3, 0.4) is 0 Å². The lowest BCUT2D eigenvalue weighted by atomic mass is 10.1. The maximum absolute atomic E-state index is 13.0. The normalized spacial score (nSPS) is 12.0. The second kappa shape index (κ2) is 6.70. The van der Waals surface area contributed by atoms with Gasteiger partial charge in [0.2, 0.25) is 5.95 Å². The third kappa shape index (κ3) is 3.10. The van der Waals surface area contributed by atoms with Gasteiger partial charge in [0.05, 0.1) is 12.2 Å². The summed E-state index contributed by atoms with van der Waals surface area (Å²) in [6.45, 7) is 5.23. The Morgan fingerprint density at radius 2 is 1.93 bits per heavy atom. The molecule has 0 aliphatic carbocycles. The van der Waals surface area contributed by atoms with Crippen LogP contribution in [0.5, 0.6) is 0 Å². The summed E-state index contributed by atoms with van der Waals surface area (Å²) in [5.74, 6) is 1.23. The topological polar surface area (TPSA) is 98.9 Å². The van der Waals surface area contributed by atoms with E-state index in [2.05, 4.69) is 25.4 Å². The molecule has 0 amide bonds. The number of halogens is 2. The Morgan fingerprint density at radius 3 is 2.64 bits per heavy atom. The molecule has 0 radical (unpaired) electrons. The molecule has 0 bridgehead atoms. The summed E-state index contributed by atoms with van der Waals surface area (Å²) in [6.07, 6.45) is -0.725. The minimum atomic E-state index is -2.49. The number of nitrogens with zero attached hydrogens (tertiary/aromatic N) is 6. The first kappa shape index (κ1) is 18.1. The molecule has 8 nitrogen and oxygen atoms in total. The lowest BCUT2D eigenvalue weighted by Crippen LogP contribution is -2.14. The monoisotopic (exact) mass is 386 g/mol. The molecule has 0 fully saturated rings. The van der Waals surface area contributed by atoms with E-state index < -0.39 is 13.0 Å². The molecule has 4 heterocycles. The zero-order valence-electron chi connectivity index (χ0n) is 15.7. The highest BCUT2D eigenvalue weighted by Gasteiger charge is 2.18. The molecular weight excluding hydrogens is 366 g/mol. The van der Waals surface area contributed by atoms with E-state index in [4.69, 9.17) is 5.73 Å². The highest BCUT2D eigenvalue weighted by Crippen LogP contribution is 2.30. The molecule has 4 rings (SSSR count). The van der Waals surface area contributed by atoms with Crippen LogP contribution in [0.15, 0.2) is 24.4 Å². The molecule has 0 saturated heterocycles. The second-order valence-corrected chi connectivity index (χ2v) is 6.84. The molecule has 10 heteroatoms. The van der Waals surface area contributed by atoms with Crippen molar-refractivity contribution in [3.8, 4) is 11.3 Å². The van der Waals surface area contributed by atoms with Crippen LogP contribution in [0.25, 0.3) is 27.9 Å². The molecule has 3 N–H and O–H groups in total. The maximum atomic E-state index is 13.0. The van der Waals surface area contributed by atoms with Crippen molar-refractivity contribution in [3.05, 3.63) is 30.2 Å². The third-order valence-electron chi connectivity index (χ3n) is 4.33. The Labute approximate surface area is 159 Å². The minimum absolute atomic E-state index is 0.131. The lowest BCUT2D eigenvalue weighted by Gasteiger charge is -2.12. The van der Waals surface area contributed by atoms with Crippen molar-refractivity contribution in [2.45, 2.75) is 39.8 Å². The molecule has 0 unspecified atom stereocenters. The van der Waals surface area contributed by atoms with E-state index in [1.54, 1.807) is 23.7 Å². The lowest BCUT2D eigenvalue weighted by molar-refractivity contribution is 0.127. The molecular formula is C18H20F2N8. The van der Waals surface area contributed by atoms with Gasteiger partial charge in [-0.25, -0.2) is 23.3 Å². The van der Waals surface area contributed by atoms with Crippen LogP contribution in [-0.2, 0) is 6.54 Å². The van der Waals surface area contributed by atoms with E-state index in [1.807, 2.05) is 26.0 Å². The van der Waals surface area contributed by atoms with Gasteiger partial charge < -0.3 is 15.6 Å². The quantitative estimate of drug-likeness (QED) is 0.547. The van der Waals surface area contributed by atoms with Gasteiger partial charge in [0.15, 0.2) is 11.5 Å². The highest BCUT2D eigenvalue weighted by molar-refractivity contribution is 5.89. The summed E-state index contributed by atoms with van der Waals surface area (Å²) in [7, 11) is 0. The van der Waals surface area contributed by atoms with Gasteiger partial charge in [-0.15, -0.1) is 5.10 Å². The van der Waals surface area contributed by atoms with Gasteiger partial charge in [-0.1, -0.05) is 0 Å².